The minimum absolute atomic E-state index is 0.206. The number of hydrogen-bond acceptors (Lipinski definition) is 6. The molecule has 10 nitrogen and oxygen atoms in total. The van der Waals surface area contributed by atoms with Crippen molar-refractivity contribution >= 4 is 23.0 Å². The number of aromatic nitrogens is 2. The van der Waals surface area contributed by atoms with E-state index in [0.29, 0.717) is 19.5 Å². The van der Waals surface area contributed by atoms with E-state index in [1.54, 1.807) is 21.1 Å². The third-order valence-electron chi connectivity index (χ3n) is 7.02. The van der Waals surface area contributed by atoms with Crippen LogP contribution in [0.3, 0.4) is 0 Å². The smallest absolute Gasteiger partial charge is 0.410 e. The van der Waals surface area contributed by atoms with E-state index in [9.17, 15) is 19.5 Å². The molecule has 3 heterocycles. The van der Waals surface area contributed by atoms with Crippen molar-refractivity contribution in [3.8, 4) is 0 Å². The van der Waals surface area contributed by atoms with Gasteiger partial charge in [-0.15, -0.1) is 0 Å². The second-order valence-electron chi connectivity index (χ2n) is 10.8. The lowest BCUT2D eigenvalue weighted by molar-refractivity contribution is -0.128. The Morgan fingerprint density at radius 3 is 2.60 bits per heavy atom. The maximum absolute atomic E-state index is 13.0. The van der Waals surface area contributed by atoms with Gasteiger partial charge < -0.3 is 20.1 Å². The van der Waals surface area contributed by atoms with E-state index in [1.807, 2.05) is 39.0 Å². The summed E-state index contributed by atoms with van der Waals surface area (Å²) in [7, 11) is 3.81. The maximum atomic E-state index is 13.0. The van der Waals surface area contributed by atoms with Gasteiger partial charge in [-0.2, -0.15) is 0 Å². The van der Waals surface area contributed by atoms with Crippen LogP contribution in [-0.4, -0.2) is 80.6 Å². The topological polar surface area (TPSA) is 109 Å². The number of imidazole rings is 1. The number of nitrogens with zero attached hydrogens (tertiary/aromatic N) is 4. The SMILES string of the molecule is CN1CCN(C(=O)OC(C)(C)C)C[C@@H]1CCc1ccc2c(c1)n(C)c(=O)n2C1CCC(=O)NC1O. The van der Waals surface area contributed by atoms with Gasteiger partial charge in [-0.1, -0.05) is 6.07 Å². The van der Waals surface area contributed by atoms with Crippen molar-refractivity contribution in [1.82, 2.24) is 24.3 Å². The molecular formula is C25H37N5O5. The summed E-state index contributed by atoms with van der Waals surface area (Å²) < 4.78 is 8.74. The van der Waals surface area contributed by atoms with Crippen LogP contribution in [0.15, 0.2) is 23.0 Å². The molecule has 192 valence electrons. The average Bonchev–Trinajstić information content (AvgIpc) is 3.02. The molecule has 10 heteroatoms. The first-order valence-corrected chi connectivity index (χ1v) is 12.3. The predicted octanol–water partition coefficient (Wildman–Crippen LogP) is 1.59. The largest absolute Gasteiger partial charge is 0.444 e. The van der Waals surface area contributed by atoms with Crippen LogP contribution < -0.4 is 11.0 Å². The van der Waals surface area contributed by atoms with Crippen molar-refractivity contribution in [2.24, 2.45) is 7.05 Å². The Labute approximate surface area is 205 Å². The lowest BCUT2D eigenvalue weighted by Crippen LogP contribution is -2.54. The Morgan fingerprint density at radius 1 is 1.17 bits per heavy atom. The number of nitrogens with one attached hydrogen (secondary N) is 1. The minimum Gasteiger partial charge on any atom is -0.444 e. The van der Waals surface area contributed by atoms with E-state index in [0.717, 1.165) is 36.0 Å². The summed E-state index contributed by atoms with van der Waals surface area (Å²) in [5.41, 5.74) is 1.91. The number of piperidine rings is 1. The molecule has 1 aromatic carbocycles. The Balaban J connectivity index is 1.48. The molecule has 0 spiro atoms. The summed E-state index contributed by atoms with van der Waals surface area (Å²) in [5.74, 6) is -0.206. The van der Waals surface area contributed by atoms with Crippen LogP contribution in [0.2, 0.25) is 0 Å². The highest BCUT2D eigenvalue weighted by atomic mass is 16.6. The highest BCUT2D eigenvalue weighted by molar-refractivity contribution is 5.79. The van der Waals surface area contributed by atoms with E-state index in [-0.39, 0.29) is 30.2 Å². The molecular weight excluding hydrogens is 450 g/mol. The highest BCUT2D eigenvalue weighted by Crippen LogP contribution is 2.26. The first-order valence-electron chi connectivity index (χ1n) is 12.3. The standard InChI is InChI=1S/C25H37N5O5/c1-25(2,3)35-24(34)29-13-12-27(4)17(15-29)8-6-16-7-9-18-20(14-16)28(5)23(33)30(18)19-10-11-21(31)26-22(19)32/h7,9,14,17,19,22,32H,6,8,10-13,15H2,1-5H3,(H,26,31)/t17-,19?,22?/m0/s1. The van der Waals surface area contributed by atoms with Gasteiger partial charge in [0.05, 0.1) is 17.1 Å². The number of rotatable bonds is 4. The molecule has 2 unspecified atom stereocenters. The fraction of sp³-hybridized carbons (Fsp3) is 0.640. The fourth-order valence-electron chi connectivity index (χ4n) is 5.01. The zero-order valence-electron chi connectivity index (χ0n) is 21.3. The number of aliphatic hydroxyl groups is 1. The molecule has 1 aromatic heterocycles. The second kappa shape index (κ2) is 9.66. The molecule has 2 N–H and O–H groups in total. The van der Waals surface area contributed by atoms with Gasteiger partial charge in [0.2, 0.25) is 5.91 Å². The summed E-state index contributed by atoms with van der Waals surface area (Å²) in [6.45, 7) is 7.69. The number of hydrogen-bond donors (Lipinski definition) is 2. The maximum Gasteiger partial charge on any atom is 0.410 e. The molecule has 0 bridgehead atoms. The number of carbonyl (C=O) groups excluding carboxylic acids is 2. The van der Waals surface area contributed by atoms with Crippen molar-refractivity contribution in [2.75, 3.05) is 26.7 Å². The van der Waals surface area contributed by atoms with E-state index in [2.05, 4.69) is 17.3 Å². The van der Waals surface area contributed by atoms with Crippen LogP contribution in [0, 0.1) is 0 Å². The first kappa shape index (κ1) is 25.2. The molecule has 4 rings (SSSR count). The number of fused-ring (bicyclic) bond motifs is 1. The zero-order valence-corrected chi connectivity index (χ0v) is 21.3. The summed E-state index contributed by atoms with van der Waals surface area (Å²) in [5, 5.41) is 12.9. The summed E-state index contributed by atoms with van der Waals surface area (Å²) in [6, 6.07) is 5.67. The third-order valence-corrected chi connectivity index (χ3v) is 7.02. The van der Waals surface area contributed by atoms with Gasteiger partial charge in [0.1, 0.15) is 11.8 Å². The van der Waals surface area contributed by atoms with Crippen LogP contribution in [0.25, 0.3) is 11.0 Å². The molecule has 2 aliphatic rings. The lowest BCUT2D eigenvalue weighted by atomic mass is 10.0. The van der Waals surface area contributed by atoms with E-state index < -0.39 is 17.9 Å². The van der Waals surface area contributed by atoms with E-state index in [1.165, 1.54) is 0 Å². The number of likely N-dealkylation sites (N-methyl/N-ethyl adjacent to an activating group) is 1. The third kappa shape index (κ3) is 5.38. The number of aryl methyl sites for hydroxylation is 2. The molecule has 2 aliphatic heterocycles. The van der Waals surface area contributed by atoms with Crippen molar-refractivity contribution in [3.63, 3.8) is 0 Å². The van der Waals surface area contributed by atoms with Gasteiger partial charge in [0.25, 0.3) is 0 Å². The monoisotopic (exact) mass is 487 g/mol. The summed E-state index contributed by atoms with van der Waals surface area (Å²) >= 11 is 0. The van der Waals surface area contributed by atoms with Crippen LogP contribution in [-0.2, 0) is 23.0 Å². The Morgan fingerprint density at radius 2 is 1.91 bits per heavy atom. The van der Waals surface area contributed by atoms with Crippen molar-refractivity contribution in [1.29, 1.82) is 0 Å². The zero-order chi connectivity index (χ0) is 25.5. The Hall–Kier alpha value is -2.85. The summed E-state index contributed by atoms with van der Waals surface area (Å²) in [6.07, 6.45) is 0.995. The van der Waals surface area contributed by atoms with Gasteiger partial charge in [0.15, 0.2) is 0 Å². The highest BCUT2D eigenvalue weighted by Gasteiger charge is 2.32. The molecule has 0 saturated carbocycles. The second-order valence-corrected chi connectivity index (χ2v) is 10.8. The predicted molar refractivity (Wildman–Crippen MR) is 132 cm³/mol. The average molecular weight is 488 g/mol. The number of benzene rings is 1. The van der Waals surface area contributed by atoms with Gasteiger partial charge >= 0.3 is 11.8 Å². The minimum atomic E-state index is -1.09. The van der Waals surface area contributed by atoms with Crippen LogP contribution in [0.5, 0.6) is 0 Å². The molecule has 0 aliphatic carbocycles. The lowest BCUT2D eigenvalue weighted by Gasteiger charge is -2.40. The molecule has 0 radical (unpaired) electrons. The number of ether oxygens (including phenoxy) is 1. The van der Waals surface area contributed by atoms with E-state index in [4.69, 9.17) is 4.74 Å². The Kier molecular flexibility index (Phi) is 6.97. The van der Waals surface area contributed by atoms with Crippen LogP contribution in [0.1, 0.15) is 51.6 Å². The van der Waals surface area contributed by atoms with Crippen molar-refractivity contribution < 1.29 is 19.4 Å². The molecule has 2 saturated heterocycles. The van der Waals surface area contributed by atoms with Crippen LogP contribution >= 0.6 is 0 Å². The molecule has 2 amide bonds. The van der Waals surface area contributed by atoms with Gasteiger partial charge in [-0.3, -0.25) is 18.8 Å². The van der Waals surface area contributed by atoms with Gasteiger partial charge in [-0.25, -0.2) is 9.59 Å². The fourth-order valence-corrected chi connectivity index (χ4v) is 5.01. The van der Waals surface area contributed by atoms with Gasteiger partial charge in [-0.05, 0) is 64.8 Å². The molecule has 3 atom stereocenters. The molecule has 2 fully saturated rings. The molecule has 2 aromatic rings. The van der Waals surface area contributed by atoms with E-state index >= 15 is 0 Å². The van der Waals surface area contributed by atoms with Crippen molar-refractivity contribution in [2.45, 2.75) is 70.4 Å². The number of aliphatic hydroxyl groups excluding tert-OH is 1. The van der Waals surface area contributed by atoms with Crippen molar-refractivity contribution in [3.05, 3.63) is 34.2 Å². The first-order chi connectivity index (χ1) is 16.4. The van der Waals surface area contributed by atoms with Crippen LogP contribution in [0.4, 0.5) is 4.79 Å². The number of amides is 2. The quantitative estimate of drug-likeness (QED) is 0.678. The molecule has 35 heavy (non-hydrogen) atoms. The summed E-state index contributed by atoms with van der Waals surface area (Å²) in [4.78, 5) is 41.2. The normalized spacial score (nSPS) is 24.0. The van der Waals surface area contributed by atoms with Gasteiger partial charge in [0, 0.05) is 39.1 Å². The number of piperazine rings is 1. The number of carbonyl (C=O) groups is 2. The Bertz CT molecular complexity index is 1160.